The first-order valence-corrected chi connectivity index (χ1v) is 10.6. The van der Waals surface area contributed by atoms with E-state index < -0.39 is 0 Å². The van der Waals surface area contributed by atoms with Crippen LogP contribution in [-0.4, -0.2) is 34.8 Å². The highest BCUT2D eigenvalue weighted by atomic mass is 19.1. The van der Waals surface area contributed by atoms with Crippen LogP contribution in [0.15, 0.2) is 71.5 Å². The summed E-state index contributed by atoms with van der Waals surface area (Å²) in [6.45, 7) is 1.32. The lowest BCUT2D eigenvalue weighted by molar-refractivity contribution is 0.0713. The van der Waals surface area contributed by atoms with Gasteiger partial charge in [0.05, 0.1) is 6.26 Å². The van der Waals surface area contributed by atoms with Gasteiger partial charge in [-0.25, -0.2) is 4.39 Å². The van der Waals surface area contributed by atoms with Gasteiger partial charge in [-0.3, -0.25) is 9.59 Å². The van der Waals surface area contributed by atoms with E-state index in [1.165, 1.54) is 24.0 Å². The Kier molecular flexibility index (Phi) is 5.23. The molecule has 1 aliphatic rings. The number of anilines is 1. The van der Waals surface area contributed by atoms with Gasteiger partial charge < -0.3 is 19.6 Å². The number of carbonyl (C=O) groups is 2. The van der Waals surface area contributed by atoms with E-state index in [-0.39, 0.29) is 23.4 Å². The lowest BCUT2D eigenvalue weighted by Crippen LogP contribution is -2.37. The number of aromatic amines is 1. The summed E-state index contributed by atoms with van der Waals surface area (Å²) < 4.78 is 18.5. The zero-order valence-corrected chi connectivity index (χ0v) is 17.3. The van der Waals surface area contributed by atoms with Crippen LogP contribution in [0.1, 0.15) is 45.2 Å². The minimum absolute atomic E-state index is 0.0200. The van der Waals surface area contributed by atoms with Crippen LogP contribution in [0, 0.1) is 5.82 Å². The van der Waals surface area contributed by atoms with Crippen molar-refractivity contribution in [1.29, 1.82) is 0 Å². The molecule has 1 fully saturated rings. The van der Waals surface area contributed by atoms with Gasteiger partial charge in [-0.05, 0) is 78.9 Å². The molecule has 7 heteroatoms. The summed E-state index contributed by atoms with van der Waals surface area (Å²) in [4.78, 5) is 30.0. The molecular weight excluding hydrogens is 409 g/mol. The summed E-state index contributed by atoms with van der Waals surface area (Å²) in [6, 6.07) is 14.9. The zero-order chi connectivity index (χ0) is 22.1. The Morgan fingerprint density at radius 2 is 1.84 bits per heavy atom. The first-order chi connectivity index (χ1) is 15.6. The van der Waals surface area contributed by atoms with Gasteiger partial charge >= 0.3 is 0 Å². The molecule has 2 aromatic heterocycles. The van der Waals surface area contributed by atoms with Crippen molar-refractivity contribution in [2.75, 3.05) is 18.4 Å². The lowest BCUT2D eigenvalue weighted by Gasteiger charge is -2.32. The average molecular weight is 431 g/mol. The molecule has 0 aliphatic carbocycles. The molecule has 6 nitrogen and oxygen atoms in total. The Hall–Kier alpha value is -3.87. The summed E-state index contributed by atoms with van der Waals surface area (Å²) in [5.74, 6) is -0.0480. The van der Waals surface area contributed by atoms with E-state index in [9.17, 15) is 14.0 Å². The SMILES string of the molecule is O=C(Nc1ccc(C(=O)N2CCC(c3c[nH]c4cc(F)ccc34)CC2)cc1)c1ccco1. The van der Waals surface area contributed by atoms with Crippen LogP contribution in [0.5, 0.6) is 0 Å². The number of aromatic nitrogens is 1. The number of hydrogen-bond donors (Lipinski definition) is 2. The van der Waals surface area contributed by atoms with Gasteiger partial charge in [0, 0.05) is 41.4 Å². The van der Waals surface area contributed by atoms with Crippen molar-refractivity contribution in [3.05, 3.63) is 89.8 Å². The molecule has 0 radical (unpaired) electrons. The number of nitrogens with zero attached hydrogens (tertiary/aromatic N) is 1. The maximum atomic E-state index is 13.5. The normalized spacial score (nSPS) is 14.6. The summed E-state index contributed by atoms with van der Waals surface area (Å²) >= 11 is 0. The second kappa shape index (κ2) is 8.34. The van der Waals surface area contributed by atoms with Gasteiger partial charge in [0.1, 0.15) is 5.82 Å². The maximum Gasteiger partial charge on any atom is 0.291 e. The Bertz CT molecular complexity index is 1250. The molecule has 2 amide bonds. The van der Waals surface area contributed by atoms with E-state index in [0.717, 1.165) is 23.7 Å². The second-order valence-electron chi connectivity index (χ2n) is 8.01. The Morgan fingerprint density at radius 3 is 2.56 bits per heavy atom. The van der Waals surface area contributed by atoms with Gasteiger partial charge in [-0.1, -0.05) is 0 Å². The fourth-order valence-corrected chi connectivity index (χ4v) is 4.33. The predicted molar refractivity (Wildman–Crippen MR) is 119 cm³/mol. The number of likely N-dealkylation sites (tertiary alicyclic amines) is 1. The number of carbonyl (C=O) groups excluding carboxylic acids is 2. The molecule has 4 aromatic rings. The fraction of sp³-hybridized carbons (Fsp3) is 0.200. The van der Waals surface area contributed by atoms with Crippen LogP contribution in [-0.2, 0) is 0 Å². The molecule has 2 N–H and O–H groups in total. The number of benzene rings is 2. The monoisotopic (exact) mass is 431 g/mol. The highest BCUT2D eigenvalue weighted by Crippen LogP contribution is 2.33. The number of H-pyrrole nitrogens is 1. The van der Waals surface area contributed by atoms with Crippen molar-refractivity contribution in [3.8, 4) is 0 Å². The summed E-state index contributed by atoms with van der Waals surface area (Å²) in [7, 11) is 0. The minimum Gasteiger partial charge on any atom is -0.459 e. The molecule has 32 heavy (non-hydrogen) atoms. The first kappa shape index (κ1) is 20.1. The van der Waals surface area contributed by atoms with Crippen molar-refractivity contribution in [3.63, 3.8) is 0 Å². The Morgan fingerprint density at radius 1 is 1.06 bits per heavy atom. The molecule has 2 aromatic carbocycles. The van der Waals surface area contributed by atoms with E-state index in [4.69, 9.17) is 4.42 Å². The lowest BCUT2D eigenvalue weighted by atomic mass is 9.89. The fourth-order valence-electron chi connectivity index (χ4n) is 4.33. The van der Waals surface area contributed by atoms with Gasteiger partial charge in [-0.15, -0.1) is 0 Å². The highest BCUT2D eigenvalue weighted by molar-refractivity contribution is 6.02. The van der Waals surface area contributed by atoms with Crippen molar-refractivity contribution < 1.29 is 18.4 Å². The van der Waals surface area contributed by atoms with E-state index in [0.29, 0.717) is 30.3 Å². The zero-order valence-electron chi connectivity index (χ0n) is 17.3. The van der Waals surface area contributed by atoms with Crippen LogP contribution in [0.4, 0.5) is 10.1 Å². The van der Waals surface area contributed by atoms with E-state index in [2.05, 4.69) is 10.3 Å². The Balaban J connectivity index is 1.21. The third-order valence-corrected chi connectivity index (χ3v) is 6.03. The van der Waals surface area contributed by atoms with Crippen LogP contribution in [0.25, 0.3) is 10.9 Å². The van der Waals surface area contributed by atoms with Crippen LogP contribution in [0.3, 0.4) is 0 Å². The molecule has 1 saturated heterocycles. The van der Waals surface area contributed by atoms with Crippen LogP contribution >= 0.6 is 0 Å². The highest BCUT2D eigenvalue weighted by Gasteiger charge is 2.26. The minimum atomic E-state index is -0.337. The molecule has 0 atom stereocenters. The first-order valence-electron chi connectivity index (χ1n) is 10.6. The number of piperidine rings is 1. The van der Waals surface area contributed by atoms with Gasteiger partial charge in [-0.2, -0.15) is 0 Å². The second-order valence-corrected chi connectivity index (χ2v) is 8.01. The van der Waals surface area contributed by atoms with Crippen LogP contribution < -0.4 is 5.32 Å². The number of halogens is 1. The number of fused-ring (bicyclic) bond motifs is 1. The number of hydrogen-bond acceptors (Lipinski definition) is 3. The number of nitrogens with one attached hydrogen (secondary N) is 2. The van der Waals surface area contributed by atoms with Crippen LogP contribution in [0.2, 0.25) is 0 Å². The summed E-state index contributed by atoms with van der Waals surface area (Å²) in [6.07, 6.45) is 5.11. The van der Waals surface area contributed by atoms with Gasteiger partial charge in [0.15, 0.2) is 5.76 Å². The number of amides is 2. The third kappa shape index (κ3) is 3.89. The topological polar surface area (TPSA) is 78.3 Å². The van der Waals surface area contributed by atoms with E-state index in [1.807, 2.05) is 17.2 Å². The standard InChI is InChI=1S/C25H22FN3O3/c26-18-5-8-20-21(15-27-22(20)14-18)16-9-11-29(12-10-16)25(31)17-3-6-19(7-4-17)28-24(30)23-2-1-13-32-23/h1-8,13-16,27H,9-12H2,(H,28,30). The summed E-state index contributed by atoms with van der Waals surface area (Å²) in [5, 5.41) is 3.79. The van der Waals surface area contributed by atoms with Crippen molar-refractivity contribution in [1.82, 2.24) is 9.88 Å². The molecule has 0 spiro atoms. The number of furan rings is 1. The Labute approximate surface area is 184 Å². The smallest absolute Gasteiger partial charge is 0.291 e. The summed E-state index contributed by atoms with van der Waals surface area (Å²) in [5.41, 5.74) is 3.17. The van der Waals surface area contributed by atoms with Crippen molar-refractivity contribution >= 4 is 28.4 Å². The largest absolute Gasteiger partial charge is 0.459 e. The molecule has 0 bridgehead atoms. The van der Waals surface area contributed by atoms with E-state index >= 15 is 0 Å². The van der Waals surface area contributed by atoms with Gasteiger partial charge in [0.2, 0.25) is 0 Å². The molecule has 0 unspecified atom stereocenters. The average Bonchev–Trinajstić information content (AvgIpc) is 3.49. The molecule has 1 aliphatic heterocycles. The van der Waals surface area contributed by atoms with E-state index in [1.54, 1.807) is 36.4 Å². The maximum absolute atomic E-state index is 13.5. The molecule has 0 saturated carbocycles. The van der Waals surface area contributed by atoms with Crippen molar-refractivity contribution in [2.24, 2.45) is 0 Å². The molecule has 162 valence electrons. The quantitative estimate of drug-likeness (QED) is 0.468. The molecular formula is C25H22FN3O3. The third-order valence-electron chi connectivity index (χ3n) is 6.03. The molecule has 3 heterocycles. The van der Waals surface area contributed by atoms with Gasteiger partial charge in [0.25, 0.3) is 11.8 Å². The predicted octanol–water partition coefficient (Wildman–Crippen LogP) is 5.17. The number of rotatable bonds is 4. The molecule has 5 rings (SSSR count). The van der Waals surface area contributed by atoms with Crippen molar-refractivity contribution in [2.45, 2.75) is 18.8 Å².